The van der Waals surface area contributed by atoms with Gasteiger partial charge in [0.15, 0.2) is 0 Å². The molecule has 1 aromatic rings. The zero-order valence-corrected chi connectivity index (χ0v) is 13.9. The Labute approximate surface area is 132 Å². The molecule has 1 saturated heterocycles. The third-order valence-corrected chi connectivity index (χ3v) is 5.75. The Morgan fingerprint density at radius 3 is 2.71 bits per heavy atom. The van der Waals surface area contributed by atoms with Crippen LogP contribution in [-0.2, 0) is 9.84 Å². The van der Waals surface area contributed by atoms with Gasteiger partial charge in [0, 0.05) is 17.9 Å². The highest BCUT2D eigenvalue weighted by Crippen LogP contribution is 2.34. The van der Waals surface area contributed by atoms with Crippen LogP contribution in [0.25, 0.3) is 0 Å². The van der Waals surface area contributed by atoms with E-state index in [2.05, 4.69) is 15.9 Å². The molecule has 0 N–H and O–H groups in total. The Bertz CT molecular complexity index is 580. The van der Waals surface area contributed by atoms with Crippen molar-refractivity contribution in [2.24, 2.45) is 0 Å². The molecule has 21 heavy (non-hydrogen) atoms. The van der Waals surface area contributed by atoms with E-state index in [1.807, 2.05) is 4.90 Å². The molecule has 1 aliphatic rings. The maximum Gasteiger partial charge on any atom is 0.341 e. The molecule has 1 atom stereocenters. The van der Waals surface area contributed by atoms with E-state index in [0.29, 0.717) is 12.2 Å². The van der Waals surface area contributed by atoms with Crippen molar-refractivity contribution in [1.29, 1.82) is 0 Å². The van der Waals surface area contributed by atoms with E-state index in [1.165, 1.54) is 12.1 Å². The molecule has 0 aromatic heterocycles. The van der Waals surface area contributed by atoms with Crippen molar-refractivity contribution in [3.8, 4) is 0 Å². The van der Waals surface area contributed by atoms with Gasteiger partial charge in [0.2, 0.25) is 9.84 Å². The van der Waals surface area contributed by atoms with Crippen molar-refractivity contribution >= 4 is 31.5 Å². The lowest BCUT2D eigenvalue weighted by molar-refractivity contribution is 0.235. The summed E-state index contributed by atoms with van der Waals surface area (Å²) < 4.78 is 49.4. The van der Waals surface area contributed by atoms with E-state index in [0.717, 1.165) is 31.0 Å². The molecule has 1 fully saturated rings. The first-order valence-electron chi connectivity index (χ1n) is 6.92. The number of para-hydroxylation sites is 1. The smallest absolute Gasteiger partial charge is 0.341 e. The minimum Gasteiger partial charge on any atom is -0.367 e. The zero-order valence-electron chi connectivity index (χ0n) is 11.5. The molecule has 1 aromatic carbocycles. The van der Waals surface area contributed by atoms with Gasteiger partial charge >= 0.3 is 5.76 Å². The van der Waals surface area contributed by atoms with Gasteiger partial charge in [0.05, 0.1) is 10.6 Å². The molecule has 0 aliphatic carbocycles. The Morgan fingerprint density at radius 2 is 2.05 bits per heavy atom. The molecule has 0 spiro atoms. The number of benzene rings is 1. The van der Waals surface area contributed by atoms with Crippen LogP contribution >= 0.6 is 15.9 Å². The summed E-state index contributed by atoms with van der Waals surface area (Å²) in [7, 11) is -4.57. The molecule has 0 radical (unpaired) electrons. The lowest BCUT2D eigenvalue weighted by Gasteiger charge is -2.28. The number of hydrogen-bond donors (Lipinski definition) is 0. The fourth-order valence-corrected chi connectivity index (χ4v) is 4.06. The van der Waals surface area contributed by atoms with Crippen molar-refractivity contribution < 1.29 is 17.2 Å². The highest BCUT2D eigenvalue weighted by atomic mass is 79.9. The van der Waals surface area contributed by atoms with E-state index >= 15 is 0 Å². The predicted octanol–water partition coefficient (Wildman–Crippen LogP) is 3.83. The number of halogens is 3. The maximum atomic E-state index is 12.9. The predicted molar refractivity (Wildman–Crippen MR) is 83.0 cm³/mol. The van der Waals surface area contributed by atoms with Gasteiger partial charge in [-0.3, -0.25) is 0 Å². The molecule has 1 unspecified atom stereocenters. The van der Waals surface area contributed by atoms with Gasteiger partial charge in [-0.15, -0.1) is 0 Å². The molecule has 1 aliphatic heterocycles. The van der Waals surface area contributed by atoms with Gasteiger partial charge in [0.25, 0.3) is 0 Å². The molecule has 0 bridgehead atoms. The lowest BCUT2D eigenvalue weighted by Crippen LogP contribution is -2.31. The maximum absolute atomic E-state index is 12.9. The molecule has 1 heterocycles. The van der Waals surface area contributed by atoms with E-state index in [1.54, 1.807) is 12.1 Å². The van der Waals surface area contributed by atoms with Crippen molar-refractivity contribution in [2.45, 2.75) is 42.4 Å². The molecular weight excluding hydrogens is 364 g/mol. The third-order valence-electron chi connectivity index (χ3n) is 3.76. The summed E-state index contributed by atoms with van der Waals surface area (Å²) in [6.07, 6.45) is 3.82. The molecule has 0 saturated carbocycles. The Kier molecular flexibility index (Phi) is 5.60. The van der Waals surface area contributed by atoms with E-state index < -0.39 is 15.6 Å². The van der Waals surface area contributed by atoms with Crippen LogP contribution in [0.1, 0.15) is 25.7 Å². The quantitative estimate of drug-likeness (QED) is 0.702. The van der Waals surface area contributed by atoms with Gasteiger partial charge in [-0.05, 0) is 37.8 Å². The van der Waals surface area contributed by atoms with Crippen LogP contribution in [0, 0.1) is 0 Å². The molecule has 118 valence electrons. The van der Waals surface area contributed by atoms with Gasteiger partial charge in [-0.1, -0.05) is 28.1 Å². The van der Waals surface area contributed by atoms with E-state index in [4.69, 9.17) is 0 Å². The van der Waals surface area contributed by atoms with Crippen LogP contribution in [0.5, 0.6) is 0 Å². The lowest BCUT2D eigenvalue weighted by atomic mass is 10.1. The number of rotatable bonds is 6. The zero-order chi connectivity index (χ0) is 15.5. The van der Waals surface area contributed by atoms with Crippen molar-refractivity contribution in [1.82, 2.24) is 0 Å². The number of anilines is 1. The highest BCUT2D eigenvalue weighted by Gasteiger charge is 2.33. The highest BCUT2D eigenvalue weighted by molar-refractivity contribution is 9.09. The Hall–Kier alpha value is -0.690. The Balaban J connectivity index is 2.36. The molecular formula is C14H18BrF2NO2S. The summed E-state index contributed by atoms with van der Waals surface area (Å²) in [6.45, 7) is 0.711. The Morgan fingerprint density at radius 1 is 1.33 bits per heavy atom. The van der Waals surface area contributed by atoms with Crippen molar-refractivity contribution in [3.63, 3.8) is 0 Å². The second-order valence-electron chi connectivity index (χ2n) is 5.09. The van der Waals surface area contributed by atoms with Crippen LogP contribution in [0.4, 0.5) is 14.5 Å². The summed E-state index contributed by atoms with van der Waals surface area (Å²) >= 11 is 3.38. The van der Waals surface area contributed by atoms with Crippen LogP contribution < -0.4 is 4.90 Å². The molecule has 0 amide bonds. The monoisotopic (exact) mass is 381 g/mol. The van der Waals surface area contributed by atoms with Gasteiger partial charge in [0.1, 0.15) is 0 Å². The molecule has 3 nitrogen and oxygen atoms in total. The summed E-state index contributed by atoms with van der Waals surface area (Å²) in [4.78, 5) is 1.71. The van der Waals surface area contributed by atoms with Gasteiger partial charge in [-0.2, -0.15) is 8.78 Å². The SMILES string of the molecule is O=S(=O)(c1ccccc1N1CCCC1CCCBr)C(F)F. The number of alkyl halides is 3. The van der Waals surface area contributed by atoms with Crippen molar-refractivity contribution in [2.75, 3.05) is 16.8 Å². The first-order chi connectivity index (χ1) is 9.98. The van der Waals surface area contributed by atoms with Crippen LogP contribution in [0.15, 0.2) is 29.2 Å². The first-order valence-corrected chi connectivity index (χ1v) is 9.59. The topological polar surface area (TPSA) is 37.4 Å². The minimum atomic E-state index is -4.57. The first kappa shape index (κ1) is 16.7. The number of nitrogens with zero attached hydrogens (tertiary/aromatic N) is 1. The number of hydrogen-bond acceptors (Lipinski definition) is 3. The van der Waals surface area contributed by atoms with Gasteiger partial charge < -0.3 is 4.90 Å². The number of sulfone groups is 1. The average molecular weight is 382 g/mol. The average Bonchev–Trinajstić information content (AvgIpc) is 2.93. The van der Waals surface area contributed by atoms with Crippen LogP contribution in [0.2, 0.25) is 0 Å². The third kappa shape index (κ3) is 3.56. The summed E-state index contributed by atoms with van der Waals surface area (Å²) in [6, 6.07) is 6.30. The normalized spacial score (nSPS) is 19.4. The van der Waals surface area contributed by atoms with Crippen LogP contribution in [0.3, 0.4) is 0 Å². The standard InChI is InChI=1S/C14H18BrF2NO2S/c15-9-3-5-11-6-4-10-18(11)12-7-1-2-8-13(12)21(19,20)14(16)17/h1-2,7-8,11,14H,3-6,9-10H2. The largest absolute Gasteiger partial charge is 0.367 e. The summed E-state index contributed by atoms with van der Waals surface area (Å²) in [5.41, 5.74) is 0.412. The fraction of sp³-hybridized carbons (Fsp3) is 0.571. The summed E-state index contributed by atoms with van der Waals surface area (Å²) in [5, 5.41) is 0.883. The second kappa shape index (κ2) is 7.05. The second-order valence-corrected chi connectivity index (χ2v) is 7.77. The van der Waals surface area contributed by atoms with Crippen LogP contribution in [-0.4, -0.2) is 32.1 Å². The van der Waals surface area contributed by atoms with Gasteiger partial charge in [-0.25, -0.2) is 8.42 Å². The van der Waals surface area contributed by atoms with Crippen molar-refractivity contribution in [3.05, 3.63) is 24.3 Å². The minimum absolute atomic E-state index is 0.219. The fourth-order valence-electron chi connectivity index (χ4n) is 2.80. The van der Waals surface area contributed by atoms with E-state index in [9.17, 15) is 17.2 Å². The van der Waals surface area contributed by atoms with E-state index in [-0.39, 0.29) is 10.9 Å². The summed E-state index contributed by atoms with van der Waals surface area (Å²) in [5.74, 6) is -3.39. The molecule has 7 heteroatoms. The molecule has 2 rings (SSSR count).